The number of hydrogen-bond donors (Lipinski definition) is 1. The smallest absolute Gasteiger partial charge is 0.273 e. The summed E-state index contributed by atoms with van der Waals surface area (Å²) in [6.07, 6.45) is 1.90. The lowest BCUT2D eigenvalue weighted by molar-refractivity contribution is 0.102. The lowest BCUT2D eigenvalue weighted by Crippen LogP contribution is -2.17. The third-order valence-corrected chi connectivity index (χ3v) is 5.75. The molecule has 0 unspecified atom stereocenters. The average molecular weight is 383 g/mol. The normalized spacial score (nSPS) is 13.1. The molecule has 130 valence electrons. The number of thiophene rings is 1. The van der Waals surface area contributed by atoms with Gasteiger partial charge < -0.3 is 14.8 Å². The second-order valence-corrected chi connectivity index (χ2v) is 7.47. The van der Waals surface area contributed by atoms with E-state index in [-0.39, 0.29) is 5.91 Å². The van der Waals surface area contributed by atoms with E-state index < -0.39 is 0 Å². The van der Waals surface area contributed by atoms with Crippen molar-refractivity contribution in [2.24, 2.45) is 0 Å². The lowest BCUT2D eigenvalue weighted by Gasteiger charge is -2.18. The van der Waals surface area contributed by atoms with E-state index in [1.165, 1.54) is 11.3 Å². The number of thiazole rings is 1. The molecule has 1 amide bonds. The van der Waals surface area contributed by atoms with Crippen LogP contribution < -0.4 is 14.8 Å². The number of carbonyl (C=O) groups is 1. The van der Waals surface area contributed by atoms with Gasteiger partial charge in [0.1, 0.15) is 24.6 Å². The number of ether oxygens (including phenoxy) is 2. The highest BCUT2D eigenvalue weighted by molar-refractivity contribution is 7.15. The Hall–Kier alpha value is -2.84. The molecule has 8 heteroatoms. The molecule has 1 N–H and O–H groups in total. The molecule has 1 aliphatic heterocycles. The highest BCUT2D eigenvalue weighted by atomic mass is 32.1. The molecule has 0 atom stereocenters. The van der Waals surface area contributed by atoms with Crippen LogP contribution in [0, 0.1) is 0 Å². The number of nitrogens with zero attached hydrogens (tertiary/aromatic N) is 2. The van der Waals surface area contributed by atoms with Crippen LogP contribution in [0.15, 0.2) is 47.3 Å². The van der Waals surface area contributed by atoms with E-state index in [9.17, 15) is 4.79 Å². The molecule has 0 aliphatic carbocycles. The van der Waals surface area contributed by atoms with Crippen molar-refractivity contribution >= 4 is 39.2 Å². The van der Waals surface area contributed by atoms with Crippen LogP contribution >= 0.6 is 22.7 Å². The van der Waals surface area contributed by atoms with Gasteiger partial charge in [-0.3, -0.25) is 9.20 Å². The van der Waals surface area contributed by atoms with Gasteiger partial charge in [0.2, 0.25) is 0 Å². The van der Waals surface area contributed by atoms with Gasteiger partial charge in [0.15, 0.2) is 16.5 Å². The Balaban J connectivity index is 1.43. The van der Waals surface area contributed by atoms with E-state index in [4.69, 9.17) is 9.47 Å². The summed E-state index contributed by atoms with van der Waals surface area (Å²) in [6.45, 7) is 1.05. The first-order chi connectivity index (χ1) is 12.8. The number of hydrogen-bond acceptors (Lipinski definition) is 6. The van der Waals surface area contributed by atoms with Gasteiger partial charge in [0.05, 0.1) is 4.88 Å². The van der Waals surface area contributed by atoms with E-state index in [0.29, 0.717) is 36.1 Å². The molecule has 4 aromatic rings. The fourth-order valence-electron chi connectivity index (χ4n) is 2.81. The van der Waals surface area contributed by atoms with Crippen molar-refractivity contribution in [3.63, 3.8) is 0 Å². The average Bonchev–Trinajstić information content (AvgIpc) is 3.37. The Morgan fingerprint density at radius 1 is 1.15 bits per heavy atom. The first-order valence-corrected chi connectivity index (χ1v) is 9.75. The van der Waals surface area contributed by atoms with Gasteiger partial charge in [-0.05, 0) is 23.6 Å². The standard InChI is InChI=1S/C18H13N3O3S2/c22-17(19-11-3-4-14-15(8-11)24-6-5-23-14)13-10-26-18-20-12(9-21(13)18)16-2-1-7-25-16/h1-4,7-10H,5-6H2,(H,19,22). The molecule has 1 aromatic carbocycles. The van der Waals surface area contributed by atoms with Crippen molar-refractivity contribution in [2.45, 2.75) is 0 Å². The molecule has 0 bridgehead atoms. The number of imidazole rings is 1. The summed E-state index contributed by atoms with van der Waals surface area (Å²) in [5.74, 6) is 1.15. The molecule has 0 saturated heterocycles. The summed E-state index contributed by atoms with van der Waals surface area (Å²) in [5.41, 5.74) is 2.09. The summed E-state index contributed by atoms with van der Waals surface area (Å²) in [5, 5.41) is 6.74. The van der Waals surface area contributed by atoms with E-state index in [0.717, 1.165) is 15.5 Å². The minimum absolute atomic E-state index is 0.192. The van der Waals surface area contributed by atoms with E-state index in [1.807, 2.05) is 33.5 Å². The first-order valence-electron chi connectivity index (χ1n) is 7.99. The van der Waals surface area contributed by atoms with E-state index >= 15 is 0 Å². The van der Waals surface area contributed by atoms with Crippen molar-refractivity contribution in [1.29, 1.82) is 0 Å². The second-order valence-electron chi connectivity index (χ2n) is 5.69. The third-order valence-electron chi connectivity index (χ3n) is 4.02. The number of aromatic nitrogens is 2. The van der Waals surface area contributed by atoms with Gasteiger partial charge in [0, 0.05) is 23.3 Å². The highest BCUT2D eigenvalue weighted by Gasteiger charge is 2.17. The second kappa shape index (κ2) is 6.15. The van der Waals surface area contributed by atoms with Crippen molar-refractivity contribution in [2.75, 3.05) is 18.5 Å². The lowest BCUT2D eigenvalue weighted by atomic mass is 10.2. The Morgan fingerprint density at radius 2 is 2.04 bits per heavy atom. The molecule has 4 heterocycles. The van der Waals surface area contributed by atoms with Crippen molar-refractivity contribution in [1.82, 2.24) is 9.38 Å². The number of nitrogens with one attached hydrogen (secondary N) is 1. The highest BCUT2D eigenvalue weighted by Crippen LogP contribution is 2.33. The van der Waals surface area contributed by atoms with E-state index in [2.05, 4.69) is 10.3 Å². The fourth-order valence-corrected chi connectivity index (χ4v) is 4.34. The number of carbonyl (C=O) groups excluding carboxylic acids is 1. The Kier molecular flexibility index (Phi) is 3.65. The zero-order valence-electron chi connectivity index (χ0n) is 13.5. The zero-order valence-corrected chi connectivity index (χ0v) is 15.1. The maximum Gasteiger partial charge on any atom is 0.273 e. The molecular weight excluding hydrogens is 370 g/mol. The molecule has 3 aromatic heterocycles. The molecule has 0 fully saturated rings. The monoisotopic (exact) mass is 383 g/mol. The molecule has 0 radical (unpaired) electrons. The Bertz CT molecular complexity index is 1100. The minimum atomic E-state index is -0.192. The van der Waals surface area contributed by atoms with Crippen molar-refractivity contribution in [3.8, 4) is 22.1 Å². The number of amides is 1. The Labute approximate surface area is 156 Å². The van der Waals surface area contributed by atoms with E-state index in [1.54, 1.807) is 29.5 Å². The molecule has 6 nitrogen and oxygen atoms in total. The maximum absolute atomic E-state index is 12.7. The van der Waals surface area contributed by atoms with Crippen LogP contribution in [0.25, 0.3) is 15.5 Å². The first kappa shape index (κ1) is 15.4. The van der Waals surface area contributed by atoms with Crippen molar-refractivity contribution in [3.05, 3.63) is 53.0 Å². The van der Waals surface area contributed by atoms with Crippen LogP contribution in [0.1, 0.15) is 10.5 Å². The summed E-state index contributed by atoms with van der Waals surface area (Å²) in [6, 6.07) is 9.40. The zero-order chi connectivity index (χ0) is 17.5. The van der Waals surface area contributed by atoms with Gasteiger partial charge in [-0.1, -0.05) is 6.07 Å². The van der Waals surface area contributed by atoms with Gasteiger partial charge >= 0.3 is 0 Å². The predicted molar refractivity (Wildman–Crippen MR) is 102 cm³/mol. The number of anilines is 1. The van der Waals surface area contributed by atoms with Gasteiger partial charge in [-0.25, -0.2) is 4.98 Å². The third kappa shape index (κ3) is 2.63. The van der Waals surface area contributed by atoms with Crippen LogP contribution in [-0.4, -0.2) is 28.5 Å². The number of rotatable bonds is 3. The fraction of sp³-hybridized carbons (Fsp3) is 0.111. The molecular formula is C18H13N3O3S2. The maximum atomic E-state index is 12.7. The predicted octanol–water partition coefficient (Wildman–Crippen LogP) is 4.15. The van der Waals surface area contributed by atoms with Crippen LogP contribution in [0.2, 0.25) is 0 Å². The summed E-state index contributed by atoms with van der Waals surface area (Å²) in [4.78, 5) is 19.2. The minimum Gasteiger partial charge on any atom is -0.486 e. The van der Waals surface area contributed by atoms with Gasteiger partial charge in [-0.2, -0.15) is 0 Å². The Morgan fingerprint density at radius 3 is 2.88 bits per heavy atom. The largest absolute Gasteiger partial charge is 0.486 e. The summed E-state index contributed by atoms with van der Waals surface area (Å²) >= 11 is 3.07. The molecule has 5 rings (SSSR count). The van der Waals surface area contributed by atoms with Gasteiger partial charge in [-0.15, -0.1) is 22.7 Å². The number of fused-ring (bicyclic) bond motifs is 2. The summed E-state index contributed by atoms with van der Waals surface area (Å²) < 4.78 is 12.9. The van der Waals surface area contributed by atoms with Crippen LogP contribution in [-0.2, 0) is 0 Å². The van der Waals surface area contributed by atoms with Crippen LogP contribution in [0.3, 0.4) is 0 Å². The van der Waals surface area contributed by atoms with Crippen LogP contribution in [0.5, 0.6) is 11.5 Å². The van der Waals surface area contributed by atoms with Crippen LogP contribution in [0.4, 0.5) is 5.69 Å². The number of benzene rings is 1. The topological polar surface area (TPSA) is 64.9 Å². The van der Waals surface area contributed by atoms with Crippen molar-refractivity contribution < 1.29 is 14.3 Å². The molecule has 26 heavy (non-hydrogen) atoms. The molecule has 0 saturated carbocycles. The van der Waals surface area contributed by atoms with Gasteiger partial charge in [0.25, 0.3) is 5.91 Å². The molecule has 1 aliphatic rings. The summed E-state index contributed by atoms with van der Waals surface area (Å²) in [7, 11) is 0. The SMILES string of the molecule is O=C(Nc1ccc2c(c1)OCCO2)c1csc2nc(-c3cccs3)cn12. The quantitative estimate of drug-likeness (QED) is 0.577. The molecule has 0 spiro atoms.